The summed E-state index contributed by atoms with van der Waals surface area (Å²) in [5.74, 6) is 0. The van der Waals surface area contributed by atoms with Gasteiger partial charge in [0.25, 0.3) is 0 Å². The van der Waals surface area contributed by atoms with Gasteiger partial charge in [-0.05, 0) is 25.6 Å². The molecule has 0 heterocycles. The molecule has 3 nitrogen and oxygen atoms in total. The number of ether oxygens (including phenoxy) is 1. The van der Waals surface area contributed by atoms with Gasteiger partial charge in [0.1, 0.15) is 0 Å². The lowest BCUT2D eigenvalue weighted by atomic mass is 10.4. The molecule has 0 aromatic heterocycles. The van der Waals surface area contributed by atoms with Crippen molar-refractivity contribution in [2.75, 3.05) is 39.1 Å². The van der Waals surface area contributed by atoms with Crippen molar-refractivity contribution < 1.29 is 4.74 Å². The van der Waals surface area contributed by atoms with Crippen LogP contribution in [0.15, 0.2) is 0 Å². The quantitative estimate of drug-likeness (QED) is 0.296. The van der Waals surface area contributed by atoms with Gasteiger partial charge in [0.2, 0.25) is 0 Å². The highest BCUT2D eigenvalue weighted by atomic mass is 32.2. The van der Waals surface area contributed by atoms with Crippen LogP contribution < -0.4 is 10.0 Å². The molecule has 0 aliphatic carbocycles. The lowest BCUT2D eigenvalue weighted by Gasteiger charge is -2.07. The predicted molar refractivity (Wildman–Crippen MR) is 72.9 cm³/mol. The lowest BCUT2D eigenvalue weighted by Crippen LogP contribution is -2.23. The Morgan fingerprint density at radius 1 is 1.27 bits per heavy atom. The number of hydrogen-bond acceptors (Lipinski definition) is 5. The van der Waals surface area contributed by atoms with E-state index < -0.39 is 0 Å². The number of rotatable bonds is 11. The topological polar surface area (TPSA) is 33.3 Å². The van der Waals surface area contributed by atoms with Crippen molar-refractivity contribution in [3.8, 4) is 0 Å². The molecule has 0 saturated carbocycles. The highest BCUT2D eigenvalue weighted by Gasteiger charge is 1.93. The Kier molecular flexibility index (Phi) is 13.1. The molecule has 0 aromatic carbocycles. The Bertz CT molecular complexity index is 126. The van der Waals surface area contributed by atoms with Gasteiger partial charge < -0.3 is 10.1 Å². The van der Waals surface area contributed by atoms with E-state index in [2.05, 4.69) is 29.6 Å². The maximum atomic E-state index is 5.48. The second kappa shape index (κ2) is 12.6. The standard InChI is InChI=1S/C10H24N2OS2/c1-10(14)9-11-5-3-7-13-8-4-6-12-15-2/h10-12,14H,3-9H2,1-2H3. The van der Waals surface area contributed by atoms with E-state index in [4.69, 9.17) is 4.74 Å². The third-order valence-corrected chi connectivity index (χ3v) is 2.47. The van der Waals surface area contributed by atoms with Gasteiger partial charge >= 0.3 is 0 Å². The first-order valence-corrected chi connectivity index (χ1v) is 7.24. The van der Waals surface area contributed by atoms with Crippen molar-refractivity contribution in [1.29, 1.82) is 0 Å². The van der Waals surface area contributed by atoms with E-state index in [0.29, 0.717) is 5.25 Å². The summed E-state index contributed by atoms with van der Waals surface area (Å²) < 4.78 is 8.67. The van der Waals surface area contributed by atoms with Crippen LogP contribution in [0, 0.1) is 0 Å². The van der Waals surface area contributed by atoms with Crippen molar-refractivity contribution >= 4 is 24.6 Å². The first-order chi connectivity index (χ1) is 7.27. The number of hydrogen-bond donors (Lipinski definition) is 3. The molecule has 1 atom stereocenters. The Labute approximate surface area is 104 Å². The maximum absolute atomic E-state index is 5.48. The average molecular weight is 252 g/mol. The number of nitrogens with one attached hydrogen (secondary N) is 2. The smallest absolute Gasteiger partial charge is 0.0478 e. The molecule has 0 saturated heterocycles. The Balaban J connectivity index is 2.87. The van der Waals surface area contributed by atoms with Gasteiger partial charge in [-0.15, -0.1) is 0 Å². The second-order valence-corrected chi connectivity index (χ2v) is 5.05. The van der Waals surface area contributed by atoms with Crippen LogP contribution in [0.3, 0.4) is 0 Å². The first-order valence-electron chi connectivity index (χ1n) is 5.49. The molecule has 0 rings (SSSR count). The molecule has 1 unspecified atom stereocenters. The van der Waals surface area contributed by atoms with Crippen LogP contribution in [-0.2, 0) is 4.74 Å². The van der Waals surface area contributed by atoms with Gasteiger partial charge in [-0.3, -0.25) is 4.72 Å². The molecular weight excluding hydrogens is 228 g/mol. The molecule has 0 amide bonds. The molecule has 15 heavy (non-hydrogen) atoms. The monoisotopic (exact) mass is 252 g/mol. The predicted octanol–water partition coefficient (Wildman–Crippen LogP) is 1.56. The lowest BCUT2D eigenvalue weighted by molar-refractivity contribution is 0.130. The minimum atomic E-state index is 0.434. The summed E-state index contributed by atoms with van der Waals surface area (Å²) in [6, 6.07) is 0. The summed E-state index contributed by atoms with van der Waals surface area (Å²) in [6.07, 6.45) is 4.20. The van der Waals surface area contributed by atoms with Crippen molar-refractivity contribution in [1.82, 2.24) is 10.0 Å². The van der Waals surface area contributed by atoms with E-state index in [9.17, 15) is 0 Å². The minimum Gasteiger partial charge on any atom is -0.381 e. The van der Waals surface area contributed by atoms with Crippen LogP contribution in [-0.4, -0.2) is 44.4 Å². The van der Waals surface area contributed by atoms with Crippen LogP contribution >= 0.6 is 24.6 Å². The highest BCUT2D eigenvalue weighted by molar-refractivity contribution is 7.96. The fourth-order valence-electron chi connectivity index (χ4n) is 1.06. The third kappa shape index (κ3) is 14.6. The molecule has 0 bridgehead atoms. The van der Waals surface area contributed by atoms with Crippen LogP contribution in [0.2, 0.25) is 0 Å². The average Bonchev–Trinajstić information content (AvgIpc) is 2.20. The molecular formula is C10H24N2OS2. The van der Waals surface area contributed by atoms with Crippen LogP contribution in [0.25, 0.3) is 0 Å². The molecule has 0 aromatic rings. The minimum absolute atomic E-state index is 0.434. The molecule has 0 aliphatic rings. The van der Waals surface area contributed by atoms with Gasteiger partial charge in [0.15, 0.2) is 0 Å². The molecule has 0 radical (unpaired) electrons. The van der Waals surface area contributed by atoms with Gasteiger partial charge in [-0.25, -0.2) is 0 Å². The van der Waals surface area contributed by atoms with Crippen molar-refractivity contribution in [2.24, 2.45) is 0 Å². The van der Waals surface area contributed by atoms with Crippen LogP contribution in [0.4, 0.5) is 0 Å². The summed E-state index contributed by atoms with van der Waals surface area (Å²) in [5.41, 5.74) is 0. The van der Waals surface area contributed by atoms with Crippen molar-refractivity contribution in [3.63, 3.8) is 0 Å². The van der Waals surface area contributed by atoms with Crippen molar-refractivity contribution in [3.05, 3.63) is 0 Å². The largest absolute Gasteiger partial charge is 0.381 e. The van der Waals surface area contributed by atoms with E-state index in [1.54, 1.807) is 11.9 Å². The fraction of sp³-hybridized carbons (Fsp3) is 1.00. The SMILES string of the molecule is CSNCCCOCCCNCC(C)S. The van der Waals surface area contributed by atoms with Crippen LogP contribution in [0.5, 0.6) is 0 Å². The Morgan fingerprint density at radius 2 is 1.93 bits per heavy atom. The normalized spacial score (nSPS) is 13.0. The van der Waals surface area contributed by atoms with E-state index >= 15 is 0 Å². The first kappa shape index (κ1) is 15.6. The Morgan fingerprint density at radius 3 is 2.53 bits per heavy atom. The van der Waals surface area contributed by atoms with E-state index in [1.165, 1.54) is 0 Å². The van der Waals surface area contributed by atoms with Gasteiger partial charge in [0.05, 0.1) is 0 Å². The summed E-state index contributed by atoms with van der Waals surface area (Å²) in [6.45, 7) is 6.82. The zero-order chi connectivity index (χ0) is 11.4. The summed E-state index contributed by atoms with van der Waals surface area (Å²) in [7, 11) is 0. The Hall–Kier alpha value is 0.580. The molecule has 92 valence electrons. The molecule has 0 fully saturated rings. The summed E-state index contributed by atoms with van der Waals surface area (Å²) >= 11 is 5.94. The molecule has 2 N–H and O–H groups in total. The van der Waals surface area contributed by atoms with E-state index in [-0.39, 0.29) is 0 Å². The molecule has 0 spiro atoms. The second-order valence-electron chi connectivity index (χ2n) is 3.47. The number of thiol groups is 1. The molecule has 0 aliphatic heterocycles. The zero-order valence-corrected chi connectivity index (χ0v) is 11.5. The summed E-state index contributed by atoms with van der Waals surface area (Å²) in [4.78, 5) is 0. The van der Waals surface area contributed by atoms with E-state index in [0.717, 1.165) is 45.7 Å². The maximum Gasteiger partial charge on any atom is 0.0478 e. The van der Waals surface area contributed by atoms with Gasteiger partial charge in [-0.1, -0.05) is 18.9 Å². The summed E-state index contributed by atoms with van der Waals surface area (Å²) in [5, 5.41) is 3.76. The fourth-order valence-corrected chi connectivity index (χ4v) is 1.54. The van der Waals surface area contributed by atoms with Crippen molar-refractivity contribution in [2.45, 2.75) is 25.0 Å². The zero-order valence-electron chi connectivity index (χ0n) is 9.79. The molecule has 5 heteroatoms. The highest BCUT2D eigenvalue weighted by Crippen LogP contribution is 1.90. The third-order valence-electron chi connectivity index (χ3n) is 1.79. The van der Waals surface area contributed by atoms with E-state index in [1.807, 2.05) is 6.26 Å². The van der Waals surface area contributed by atoms with Gasteiger partial charge in [0, 0.05) is 31.6 Å². The van der Waals surface area contributed by atoms with Crippen LogP contribution in [0.1, 0.15) is 19.8 Å². The van der Waals surface area contributed by atoms with Gasteiger partial charge in [-0.2, -0.15) is 12.6 Å².